The number of nitrogens with one attached hydrogen (secondary N) is 1. The minimum Gasteiger partial charge on any atom is -0.507 e. The lowest BCUT2D eigenvalue weighted by Gasteiger charge is -2.07. The molecule has 0 aliphatic rings. The Balaban J connectivity index is 1.91. The van der Waals surface area contributed by atoms with Crippen molar-refractivity contribution >= 4 is 17.5 Å². The maximum absolute atomic E-state index is 11.8. The number of aromatic nitrogens is 1. The quantitative estimate of drug-likeness (QED) is 0.890. The molecule has 0 bridgehead atoms. The Bertz CT molecular complexity index is 538. The van der Waals surface area contributed by atoms with Crippen molar-refractivity contribution in [3.8, 4) is 5.75 Å². The molecule has 0 fully saturated rings. The molecule has 5 heteroatoms. The van der Waals surface area contributed by atoms with Crippen LogP contribution in [0.3, 0.4) is 0 Å². The van der Waals surface area contributed by atoms with Crippen LogP contribution in [-0.2, 0) is 6.54 Å². The van der Waals surface area contributed by atoms with Gasteiger partial charge in [0, 0.05) is 30.5 Å². The molecular weight excluding hydrogens is 252 g/mol. The van der Waals surface area contributed by atoms with Crippen molar-refractivity contribution in [1.29, 1.82) is 0 Å². The van der Waals surface area contributed by atoms with Crippen molar-refractivity contribution in [2.24, 2.45) is 0 Å². The summed E-state index contributed by atoms with van der Waals surface area (Å²) in [6.07, 6.45) is 3.85. The fraction of sp³-hybridized carbons (Fsp3) is 0.154. The molecule has 1 aromatic heterocycles. The Morgan fingerprint density at radius 3 is 2.72 bits per heavy atom. The summed E-state index contributed by atoms with van der Waals surface area (Å²) in [5.41, 5.74) is 0.229. The number of halogens is 1. The molecule has 1 amide bonds. The van der Waals surface area contributed by atoms with Gasteiger partial charge in [-0.05, 0) is 30.3 Å². The molecule has 2 N–H and O–H groups in total. The Morgan fingerprint density at radius 2 is 2.06 bits per heavy atom. The number of amides is 1. The van der Waals surface area contributed by atoms with Crippen molar-refractivity contribution < 1.29 is 9.90 Å². The summed E-state index contributed by atoms with van der Waals surface area (Å²) in [5, 5.41) is 12.7. The number of benzene rings is 1. The largest absolute Gasteiger partial charge is 0.507 e. The van der Waals surface area contributed by atoms with Gasteiger partial charge < -0.3 is 15.0 Å². The van der Waals surface area contributed by atoms with Gasteiger partial charge in [-0.3, -0.25) is 4.79 Å². The maximum Gasteiger partial charge on any atom is 0.255 e. The third-order valence-corrected chi connectivity index (χ3v) is 2.76. The monoisotopic (exact) mass is 264 g/mol. The van der Waals surface area contributed by atoms with Crippen molar-refractivity contribution in [2.75, 3.05) is 6.54 Å². The van der Waals surface area contributed by atoms with Crippen LogP contribution >= 0.6 is 11.6 Å². The average Bonchev–Trinajstić information content (AvgIpc) is 2.81. The van der Waals surface area contributed by atoms with Crippen LogP contribution in [-0.4, -0.2) is 22.1 Å². The van der Waals surface area contributed by atoms with Crippen LogP contribution in [0.4, 0.5) is 0 Å². The van der Waals surface area contributed by atoms with Crippen molar-refractivity contribution in [2.45, 2.75) is 6.54 Å². The Morgan fingerprint density at radius 1 is 1.33 bits per heavy atom. The summed E-state index contributed by atoms with van der Waals surface area (Å²) >= 11 is 5.70. The van der Waals surface area contributed by atoms with E-state index in [2.05, 4.69) is 5.32 Å². The smallest absolute Gasteiger partial charge is 0.255 e. The second-order valence-corrected chi connectivity index (χ2v) is 4.27. The summed E-state index contributed by atoms with van der Waals surface area (Å²) in [6, 6.07) is 8.27. The highest BCUT2D eigenvalue weighted by Crippen LogP contribution is 2.21. The van der Waals surface area contributed by atoms with E-state index >= 15 is 0 Å². The van der Waals surface area contributed by atoms with E-state index in [0.717, 1.165) is 0 Å². The van der Waals surface area contributed by atoms with Gasteiger partial charge in [-0.15, -0.1) is 0 Å². The van der Waals surface area contributed by atoms with Crippen LogP contribution < -0.4 is 5.32 Å². The molecule has 18 heavy (non-hydrogen) atoms. The first-order valence-corrected chi connectivity index (χ1v) is 5.92. The highest BCUT2D eigenvalue weighted by atomic mass is 35.5. The van der Waals surface area contributed by atoms with E-state index < -0.39 is 0 Å². The fourth-order valence-electron chi connectivity index (χ4n) is 1.61. The standard InChI is InChI=1S/C13H13ClN2O2/c14-10-3-4-11(12(17)9-10)13(18)15-5-8-16-6-1-2-7-16/h1-4,6-7,9,17H,5,8H2,(H,15,18). The van der Waals surface area contributed by atoms with E-state index in [4.69, 9.17) is 11.6 Å². The normalized spacial score (nSPS) is 10.3. The first-order valence-electron chi connectivity index (χ1n) is 5.54. The third kappa shape index (κ3) is 3.05. The fourth-order valence-corrected chi connectivity index (χ4v) is 1.78. The summed E-state index contributed by atoms with van der Waals surface area (Å²) < 4.78 is 1.96. The zero-order chi connectivity index (χ0) is 13.0. The molecule has 0 aliphatic heterocycles. The highest BCUT2D eigenvalue weighted by molar-refractivity contribution is 6.30. The van der Waals surface area contributed by atoms with E-state index in [9.17, 15) is 9.90 Å². The Labute approximate surface area is 110 Å². The van der Waals surface area contributed by atoms with Gasteiger partial charge in [0.2, 0.25) is 0 Å². The van der Waals surface area contributed by atoms with Gasteiger partial charge in [0.05, 0.1) is 5.56 Å². The van der Waals surface area contributed by atoms with Crippen LogP contribution in [0.15, 0.2) is 42.7 Å². The van der Waals surface area contributed by atoms with Crippen molar-refractivity contribution in [3.63, 3.8) is 0 Å². The number of aromatic hydroxyl groups is 1. The molecule has 94 valence electrons. The number of carbonyl (C=O) groups is 1. The van der Waals surface area contributed by atoms with E-state index in [-0.39, 0.29) is 17.2 Å². The van der Waals surface area contributed by atoms with Crippen LogP contribution in [0.25, 0.3) is 0 Å². The molecule has 2 rings (SSSR count). The number of phenols is 1. The van der Waals surface area contributed by atoms with Crippen molar-refractivity contribution in [3.05, 3.63) is 53.3 Å². The number of nitrogens with zero attached hydrogens (tertiary/aromatic N) is 1. The molecule has 0 unspecified atom stereocenters. The van der Waals surface area contributed by atoms with E-state index in [1.807, 2.05) is 29.1 Å². The summed E-state index contributed by atoms with van der Waals surface area (Å²) in [6.45, 7) is 1.18. The molecular formula is C13H13ClN2O2. The number of hydrogen-bond donors (Lipinski definition) is 2. The second kappa shape index (κ2) is 5.60. The molecule has 4 nitrogen and oxygen atoms in total. The zero-order valence-corrected chi connectivity index (χ0v) is 10.4. The van der Waals surface area contributed by atoms with Gasteiger partial charge in [0.25, 0.3) is 5.91 Å². The van der Waals surface area contributed by atoms with Crippen LogP contribution in [0, 0.1) is 0 Å². The molecule has 2 aromatic rings. The van der Waals surface area contributed by atoms with Gasteiger partial charge in [-0.2, -0.15) is 0 Å². The van der Waals surface area contributed by atoms with Crippen LogP contribution in [0.2, 0.25) is 5.02 Å². The molecule has 1 heterocycles. The SMILES string of the molecule is O=C(NCCn1cccc1)c1ccc(Cl)cc1O. The summed E-state index contributed by atoms with van der Waals surface area (Å²) in [7, 11) is 0. The predicted octanol–water partition coefficient (Wildman–Crippen LogP) is 2.28. The van der Waals surface area contributed by atoms with Crippen LogP contribution in [0.1, 0.15) is 10.4 Å². The van der Waals surface area contributed by atoms with Gasteiger partial charge >= 0.3 is 0 Å². The van der Waals surface area contributed by atoms with Crippen molar-refractivity contribution in [1.82, 2.24) is 9.88 Å². The van der Waals surface area contributed by atoms with Gasteiger partial charge in [0.1, 0.15) is 5.75 Å². The topological polar surface area (TPSA) is 54.3 Å². The first kappa shape index (κ1) is 12.5. The minimum atomic E-state index is -0.309. The number of rotatable bonds is 4. The van der Waals surface area contributed by atoms with Gasteiger partial charge in [-0.25, -0.2) is 0 Å². The number of carbonyl (C=O) groups excluding carboxylic acids is 1. The van der Waals surface area contributed by atoms with Gasteiger partial charge in [0.15, 0.2) is 0 Å². The first-order chi connectivity index (χ1) is 8.66. The lowest BCUT2D eigenvalue weighted by Crippen LogP contribution is -2.27. The van der Waals surface area contributed by atoms with E-state index in [1.165, 1.54) is 12.1 Å². The second-order valence-electron chi connectivity index (χ2n) is 3.84. The zero-order valence-electron chi connectivity index (χ0n) is 9.64. The summed E-state index contributed by atoms with van der Waals surface area (Å²) in [4.78, 5) is 11.8. The molecule has 0 saturated heterocycles. The molecule has 0 spiro atoms. The average molecular weight is 265 g/mol. The minimum absolute atomic E-state index is 0.110. The van der Waals surface area contributed by atoms with E-state index in [0.29, 0.717) is 18.1 Å². The highest BCUT2D eigenvalue weighted by Gasteiger charge is 2.10. The number of phenolic OH excluding ortho intramolecular Hbond substituents is 1. The molecule has 0 radical (unpaired) electrons. The molecule has 0 saturated carbocycles. The molecule has 0 atom stereocenters. The lowest BCUT2D eigenvalue weighted by molar-refractivity contribution is 0.0949. The third-order valence-electron chi connectivity index (χ3n) is 2.53. The Kier molecular flexibility index (Phi) is 3.89. The molecule has 0 aliphatic carbocycles. The lowest BCUT2D eigenvalue weighted by atomic mass is 10.2. The number of hydrogen-bond acceptors (Lipinski definition) is 2. The maximum atomic E-state index is 11.8. The van der Waals surface area contributed by atoms with Crippen LogP contribution in [0.5, 0.6) is 5.75 Å². The Hall–Kier alpha value is -1.94. The van der Waals surface area contributed by atoms with Gasteiger partial charge in [-0.1, -0.05) is 11.6 Å². The summed E-state index contributed by atoms with van der Waals surface area (Å²) in [5.74, 6) is -0.419. The predicted molar refractivity (Wildman–Crippen MR) is 69.9 cm³/mol. The van der Waals surface area contributed by atoms with E-state index in [1.54, 1.807) is 6.07 Å². The molecule has 1 aromatic carbocycles.